The zero-order valence-corrected chi connectivity index (χ0v) is 18.4. The molecular weight excluding hydrogens is 414 g/mol. The third-order valence-electron chi connectivity index (χ3n) is 4.49. The third-order valence-corrected chi connectivity index (χ3v) is 6.40. The van der Waals surface area contributed by atoms with Crippen LogP contribution in [0.5, 0.6) is 11.5 Å². The van der Waals surface area contributed by atoms with Crippen molar-refractivity contribution < 1.29 is 17.9 Å². The molecule has 1 heterocycles. The number of hydrogen-bond acceptors (Lipinski definition) is 5. The molecule has 0 aliphatic heterocycles. The van der Waals surface area contributed by atoms with Gasteiger partial charge in [-0.05, 0) is 39.0 Å². The minimum absolute atomic E-state index is 0.104. The average Bonchev–Trinajstić information content (AvgIpc) is 2.97. The number of halogens is 1. The molecule has 9 heteroatoms. The standard InChI is InChI=1S/C20H22ClN3O4S/c1-12-6-8-15(9-7-12)24-14(3)20(13(2)22-24)29(25,26)23-17-10-16(21)18(27-4)11-19(17)28-5/h6-11,23H,1-5H3. The van der Waals surface area contributed by atoms with Crippen molar-refractivity contribution in [2.75, 3.05) is 18.9 Å². The Labute approximate surface area is 175 Å². The van der Waals surface area contributed by atoms with E-state index in [1.54, 1.807) is 18.5 Å². The largest absolute Gasteiger partial charge is 0.495 e. The van der Waals surface area contributed by atoms with Crippen molar-refractivity contribution in [3.8, 4) is 17.2 Å². The fourth-order valence-corrected chi connectivity index (χ4v) is 4.79. The molecule has 3 rings (SSSR count). The van der Waals surface area contributed by atoms with E-state index in [-0.39, 0.29) is 21.4 Å². The van der Waals surface area contributed by atoms with Crippen LogP contribution in [0.4, 0.5) is 5.69 Å². The first-order valence-electron chi connectivity index (χ1n) is 8.75. The molecule has 0 unspecified atom stereocenters. The Kier molecular flexibility index (Phi) is 5.77. The first-order chi connectivity index (χ1) is 13.7. The van der Waals surface area contributed by atoms with E-state index in [1.165, 1.54) is 26.4 Å². The van der Waals surface area contributed by atoms with E-state index in [0.29, 0.717) is 17.1 Å². The second-order valence-corrected chi connectivity index (χ2v) is 8.57. The molecule has 0 aliphatic rings. The summed E-state index contributed by atoms with van der Waals surface area (Å²) in [7, 11) is -1.05. The highest BCUT2D eigenvalue weighted by Gasteiger charge is 2.27. The van der Waals surface area contributed by atoms with Crippen LogP contribution >= 0.6 is 11.6 Å². The molecular formula is C20H22ClN3O4S. The van der Waals surface area contributed by atoms with Crippen LogP contribution in [0.15, 0.2) is 41.3 Å². The molecule has 0 saturated carbocycles. The molecule has 29 heavy (non-hydrogen) atoms. The predicted molar refractivity (Wildman–Crippen MR) is 113 cm³/mol. The van der Waals surface area contributed by atoms with Gasteiger partial charge in [0.05, 0.1) is 42.0 Å². The molecule has 3 aromatic rings. The molecule has 1 N–H and O–H groups in total. The van der Waals surface area contributed by atoms with Crippen LogP contribution in [0.1, 0.15) is 17.0 Å². The van der Waals surface area contributed by atoms with Crippen LogP contribution in [0, 0.1) is 20.8 Å². The first kappa shape index (κ1) is 21.0. The van der Waals surface area contributed by atoms with E-state index in [4.69, 9.17) is 21.1 Å². The van der Waals surface area contributed by atoms with Gasteiger partial charge in [-0.3, -0.25) is 4.72 Å². The van der Waals surface area contributed by atoms with Gasteiger partial charge < -0.3 is 9.47 Å². The quantitative estimate of drug-likeness (QED) is 0.625. The van der Waals surface area contributed by atoms with Crippen molar-refractivity contribution in [1.29, 1.82) is 0 Å². The predicted octanol–water partition coefficient (Wildman–Crippen LogP) is 4.27. The molecule has 0 amide bonds. The van der Waals surface area contributed by atoms with Crippen molar-refractivity contribution in [1.82, 2.24) is 9.78 Å². The summed E-state index contributed by atoms with van der Waals surface area (Å²) in [4.78, 5) is 0.104. The van der Waals surface area contributed by atoms with Gasteiger partial charge in [-0.1, -0.05) is 29.3 Å². The number of nitrogens with one attached hydrogen (secondary N) is 1. The Bertz CT molecular complexity index is 1160. The minimum atomic E-state index is -3.95. The molecule has 7 nitrogen and oxygen atoms in total. The van der Waals surface area contributed by atoms with Gasteiger partial charge in [-0.2, -0.15) is 5.10 Å². The van der Waals surface area contributed by atoms with E-state index >= 15 is 0 Å². The molecule has 0 atom stereocenters. The number of benzene rings is 2. The summed E-state index contributed by atoms with van der Waals surface area (Å²) in [5, 5.41) is 4.68. The SMILES string of the molecule is COc1cc(OC)c(NS(=O)(=O)c2c(C)nn(-c3ccc(C)cc3)c2C)cc1Cl. The fourth-order valence-electron chi connectivity index (χ4n) is 3.09. The second kappa shape index (κ2) is 7.96. The van der Waals surface area contributed by atoms with Gasteiger partial charge in [0, 0.05) is 6.07 Å². The first-order valence-corrected chi connectivity index (χ1v) is 10.6. The number of rotatable bonds is 6. The Morgan fingerprint density at radius 3 is 2.21 bits per heavy atom. The topological polar surface area (TPSA) is 82.4 Å². The maximum Gasteiger partial charge on any atom is 0.265 e. The molecule has 0 bridgehead atoms. The molecule has 0 aliphatic carbocycles. The summed E-state index contributed by atoms with van der Waals surface area (Å²) in [5.41, 5.74) is 2.97. The van der Waals surface area contributed by atoms with E-state index in [9.17, 15) is 8.42 Å². The van der Waals surface area contributed by atoms with Crippen LogP contribution in [0.25, 0.3) is 5.69 Å². The lowest BCUT2D eigenvalue weighted by Crippen LogP contribution is -2.15. The van der Waals surface area contributed by atoms with Crippen LogP contribution in [0.3, 0.4) is 0 Å². The fraction of sp³-hybridized carbons (Fsp3) is 0.250. The number of anilines is 1. The van der Waals surface area contributed by atoms with Crippen molar-refractivity contribution in [3.63, 3.8) is 0 Å². The molecule has 1 aromatic heterocycles. The molecule has 154 valence electrons. The highest BCUT2D eigenvalue weighted by molar-refractivity contribution is 7.92. The Morgan fingerprint density at radius 2 is 1.62 bits per heavy atom. The second-order valence-electron chi connectivity index (χ2n) is 6.54. The van der Waals surface area contributed by atoms with Gasteiger partial charge in [0.15, 0.2) is 0 Å². The number of ether oxygens (including phenoxy) is 2. The maximum absolute atomic E-state index is 13.2. The zero-order chi connectivity index (χ0) is 21.3. The molecule has 2 aromatic carbocycles. The van der Waals surface area contributed by atoms with Gasteiger partial charge >= 0.3 is 0 Å². The lowest BCUT2D eigenvalue weighted by Gasteiger charge is -2.14. The van der Waals surface area contributed by atoms with Gasteiger partial charge in [0.25, 0.3) is 10.0 Å². The van der Waals surface area contributed by atoms with E-state index in [2.05, 4.69) is 9.82 Å². The van der Waals surface area contributed by atoms with Gasteiger partial charge in [0.2, 0.25) is 0 Å². The van der Waals surface area contributed by atoms with E-state index in [1.807, 2.05) is 31.2 Å². The third kappa shape index (κ3) is 4.04. The zero-order valence-electron chi connectivity index (χ0n) is 16.8. The maximum atomic E-state index is 13.2. The number of hydrogen-bond donors (Lipinski definition) is 1. The summed E-state index contributed by atoms with van der Waals surface area (Å²) in [5.74, 6) is 0.669. The van der Waals surface area contributed by atoms with Crippen molar-refractivity contribution in [2.45, 2.75) is 25.7 Å². The minimum Gasteiger partial charge on any atom is -0.495 e. The summed E-state index contributed by atoms with van der Waals surface area (Å²) >= 11 is 6.16. The van der Waals surface area contributed by atoms with Crippen LogP contribution < -0.4 is 14.2 Å². The van der Waals surface area contributed by atoms with Crippen LogP contribution in [-0.2, 0) is 10.0 Å². The van der Waals surface area contributed by atoms with Gasteiger partial charge in [-0.15, -0.1) is 0 Å². The monoisotopic (exact) mass is 435 g/mol. The smallest absolute Gasteiger partial charge is 0.265 e. The lowest BCUT2D eigenvalue weighted by atomic mass is 10.2. The van der Waals surface area contributed by atoms with Crippen molar-refractivity contribution in [3.05, 3.63) is 58.4 Å². The van der Waals surface area contributed by atoms with E-state index < -0.39 is 10.0 Å². The normalized spacial score (nSPS) is 11.4. The molecule has 0 fully saturated rings. The highest BCUT2D eigenvalue weighted by Crippen LogP contribution is 2.37. The lowest BCUT2D eigenvalue weighted by molar-refractivity contribution is 0.396. The van der Waals surface area contributed by atoms with E-state index in [0.717, 1.165) is 11.3 Å². The van der Waals surface area contributed by atoms with Crippen LogP contribution in [-0.4, -0.2) is 32.4 Å². The summed E-state index contributed by atoms with van der Waals surface area (Å²) in [6, 6.07) is 10.7. The van der Waals surface area contributed by atoms with Crippen molar-refractivity contribution in [2.24, 2.45) is 0 Å². The summed E-state index contributed by atoms with van der Waals surface area (Å²) in [6.07, 6.45) is 0. The number of aromatic nitrogens is 2. The van der Waals surface area contributed by atoms with Gasteiger partial charge in [-0.25, -0.2) is 13.1 Å². The average molecular weight is 436 g/mol. The highest BCUT2D eigenvalue weighted by atomic mass is 35.5. The number of aryl methyl sites for hydroxylation is 2. The number of methoxy groups -OCH3 is 2. The molecule has 0 saturated heterocycles. The summed E-state index contributed by atoms with van der Waals surface area (Å²) in [6.45, 7) is 5.36. The summed E-state index contributed by atoms with van der Waals surface area (Å²) < 4.78 is 41.0. The molecule has 0 radical (unpaired) electrons. The Hall–Kier alpha value is -2.71. The Balaban J connectivity index is 2.05. The molecule has 0 spiro atoms. The van der Waals surface area contributed by atoms with Crippen molar-refractivity contribution >= 4 is 27.3 Å². The number of sulfonamides is 1. The number of nitrogens with zero attached hydrogens (tertiary/aromatic N) is 2. The van der Waals surface area contributed by atoms with Gasteiger partial charge in [0.1, 0.15) is 16.4 Å². The van der Waals surface area contributed by atoms with Crippen LogP contribution in [0.2, 0.25) is 5.02 Å². The Morgan fingerprint density at radius 1 is 1.00 bits per heavy atom.